The number of carbonyl (C=O) groups excluding carboxylic acids is 3. The predicted octanol–water partition coefficient (Wildman–Crippen LogP) is 3.16. The van der Waals surface area contributed by atoms with Crippen molar-refractivity contribution >= 4 is 45.5 Å². The minimum Gasteiger partial charge on any atom is -0.465 e. The van der Waals surface area contributed by atoms with Crippen LogP contribution in [0.2, 0.25) is 0 Å². The Balaban J connectivity index is 1.92. The Morgan fingerprint density at radius 2 is 2.06 bits per heavy atom. The van der Waals surface area contributed by atoms with E-state index in [4.69, 9.17) is 4.74 Å². The summed E-state index contributed by atoms with van der Waals surface area (Å²) in [7, 11) is 0. The summed E-state index contributed by atoms with van der Waals surface area (Å²) in [6, 6.07) is -0.741. The quantitative estimate of drug-likeness (QED) is 0.162. The fourth-order valence-corrected chi connectivity index (χ4v) is 9.27. The first kappa shape index (κ1) is 27.3. The highest BCUT2D eigenvalue weighted by molar-refractivity contribution is 9.09. The van der Waals surface area contributed by atoms with Crippen molar-refractivity contribution in [1.82, 2.24) is 9.80 Å². The van der Waals surface area contributed by atoms with Crippen molar-refractivity contribution in [3.8, 4) is 0 Å². The minimum absolute atomic E-state index is 0.0138. The van der Waals surface area contributed by atoms with Crippen molar-refractivity contribution in [2.24, 2.45) is 11.8 Å². The second-order valence-electron chi connectivity index (χ2n) is 9.60. The number of thioether (sulfide) groups is 1. The van der Waals surface area contributed by atoms with Gasteiger partial charge in [0.15, 0.2) is 0 Å². The maximum atomic E-state index is 13.9. The Labute approximate surface area is 215 Å². The van der Waals surface area contributed by atoms with E-state index in [9.17, 15) is 19.5 Å². The Kier molecular flexibility index (Phi) is 9.31. The SMILES string of the molecule is C=CCCCCOC(=O)[C@H]1[C@@H]2SC3(CC2Br)C(C(=O)N(CC=C)C(C)C)N(CCCO)C(=O)[C@H]13. The first-order valence-corrected chi connectivity index (χ1v) is 14.0. The van der Waals surface area contributed by atoms with E-state index in [1.807, 2.05) is 19.9 Å². The van der Waals surface area contributed by atoms with Crippen molar-refractivity contribution < 1.29 is 24.2 Å². The van der Waals surface area contributed by atoms with Gasteiger partial charge < -0.3 is 19.6 Å². The Morgan fingerprint density at radius 3 is 2.68 bits per heavy atom. The topological polar surface area (TPSA) is 87.2 Å². The van der Waals surface area contributed by atoms with Gasteiger partial charge in [-0.25, -0.2) is 0 Å². The normalized spacial score (nSPS) is 31.6. The average molecular weight is 558 g/mol. The highest BCUT2D eigenvalue weighted by atomic mass is 79.9. The summed E-state index contributed by atoms with van der Waals surface area (Å²) in [4.78, 5) is 44.4. The monoisotopic (exact) mass is 556 g/mol. The molecule has 190 valence electrons. The number of fused-ring (bicyclic) bond motifs is 1. The molecule has 0 aromatic carbocycles. The van der Waals surface area contributed by atoms with Gasteiger partial charge in [-0.05, 0) is 46.0 Å². The molecule has 1 spiro atoms. The van der Waals surface area contributed by atoms with Gasteiger partial charge in [0.05, 0.1) is 23.2 Å². The summed E-state index contributed by atoms with van der Waals surface area (Å²) >= 11 is 5.36. The Morgan fingerprint density at radius 1 is 1.32 bits per heavy atom. The number of likely N-dealkylation sites (tertiary alicyclic amines) is 1. The van der Waals surface area contributed by atoms with Crippen molar-refractivity contribution in [2.75, 3.05) is 26.3 Å². The molecule has 3 rings (SSSR count). The van der Waals surface area contributed by atoms with Crippen molar-refractivity contribution in [3.05, 3.63) is 25.3 Å². The number of nitrogens with zero attached hydrogens (tertiary/aromatic N) is 2. The molecular weight excluding hydrogens is 520 g/mol. The van der Waals surface area contributed by atoms with Crippen LogP contribution in [0.3, 0.4) is 0 Å². The zero-order valence-corrected chi connectivity index (χ0v) is 22.6. The zero-order valence-electron chi connectivity index (χ0n) is 20.2. The fourth-order valence-electron chi connectivity index (χ4n) is 5.67. The van der Waals surface area contributed by atoms with Gasteiger partial charge in [0.1, 0.15) is 6.04 Å². The van der Waals surface area contributed by atoms with Crippen LogP contribution in [0.15, 0.2) is 25.3 Å². The number of aliphatic hydroxyl groups is 1. The third-order valence-electron chi connectivity index (χ3n) is 7.13. The van der Waals surface area contributed by atoms with Crippen LogP contribution >= 0.6 is 27.7 Å². The zero-order chi connectivity index (χ0) is 25.0. The van der Waals surface area contributed by atoms with Crippen LogP contribution in [0, 0.1) is 11.8 Å². The summed E-state index contributed by atoms with van der Waals surface area (Å²) < 4.78 is 4.95. The molecule has 2 amide bonds. The highest BCUT2D eigenvalue weighted by Gasteiger charge is 2.76. The molecule has 0 radical (unpaired) electrons. The van der Waals surface area contributed by atoms with E-state index in [1.54, 1.807) is 27.6 Å². The van der Waals surface area contributed by atoms with Crippen LogP contribution in [0.1, 0.15) is 46.0 Å². The molecular formula is C25H37BrN2O5S. The Hall–Kier alpha value is -1.32. The molecule has 3 aliphatic rings. The third-order valence-corrected chi connectivity index (χ3v) is 10.4. The first-order chi connectivity index (χ1) is 16.2. The average Bonchev–Trinajstić information content (AvgIpc) is 3.38. The number of alkyl halides is 1. The van der Waals surface area contributed by atoms with Crippen LogP contribution < -0.4 is 0 Å². The molecule has 34 heavy (non-hydrogen) atoms. The third kappa shape index (κ3) is 4.85. The summed E-state index contributed by atoms with van der Waals surface area (Å²) in [5.41, 5.74) is 0. The summed E-state index contributed by atoms with van der Waals surface area (Å²) in [6.07, 6.45) is 7.06. The van der Waals surface area contributed by atoms with Gasteiger partial charge >= 0.3 is 5.97 Å². The summed E-state index contributed by atoms with van der Waals surface area (Å²) in [5, 5.41) is 9.34. The second kappa shape index (κ2) is 11.6. The van der Waals surface area contributed by atoms with E-state index in [-0.39, 0.29) is 47.1 Å². The number of halogens is 1. The molecule has 0 aromatic rings. The maximum Gasteiger partial charge on any atom is 0.310 e. The lowest BCUT2D eigenvalue weighted by Crippen LogP contribution is -2.56. The highest BCUT2D eigenvalue weighted by Crippen LogP contribution is 2.68. The fraction of sp³-hybridized carbons (Fsp3) is 0.720. The van der Waals surface area contributed by atoms with E-state index in [0.717, 1.165) is 19.3 Å². The smallest absolute Gasteiger partial charge is 0.310 e. The number of amides is 2. The molecule has 3 aliphatic heterocycles. The summed E-state index contributed by atoms with van der Waals surface area (Å²) in [6.45, 7) is 12.3. The number of esters is 1. The van der Waals surface area contributed by atoms with Gasteiger partial charge in [-0.1, -0.05) is 28.1 Å². The van der Waals surface area contributed by atoms with Gasteiger partial charge in [0, 0.05) is 35.8 Å². The van der Waals surface area contributed by atoms with E-state index in [2.05, 4.69) is 29.1 Å². The lowest BCUT2D eigenvalue weighted by atomic mass is 9.71. The van der Waals surface area contributed by atoms with Crippen LogP contribution in [0.4, 0.5) is 0 Å². The molecule has 3 fully saturated rings. The van der Waals surface area contributed by atoms with Gasteiger partial charge in [-0.3, -0.25) is 14.4 Å². The van der Waals surface area contributed by atoms with Gasteiger partial charge in [-0.2, -0.15) is 0 Å². The number of carbonyl (C=O) groups is 3. The van der Waals surface area contributed by atoms with E-state index in [1.165, 1.54) is 0 Å². The molecule has 0 saturated carbocycles. The Bertz CT molecular complexity index is 808. The predicted molar refractivity (Wildman–Crippen MR) is 138 cm³/mol. The molecule has 7 nitrogen and oxygen atoms in total. The summed E-state index contributed by atoms with van der Waals surface area (Å²) in [5.74, 6) is -1.81. The van der Waals surface area contributed by atoms with Crippen LogP contribution in [0.5, 0.6) is 0 Å². The van der Waals surface area contributed by atoms with Crippen LogP contribution in [-0.4, -0.2) is 85.9 Å². The molecule has 2 bridgehead atoms. The van der Waals surface area contributed by atoms with Gasteiger partial charge in [0.2, 0.25) is 11.8 Å². The van der Waals surface area contributed by atoms with E-state index >= 15 is 0 Å². The first-order valence-electron chi connectivity index (χ1n) is 12.2. The van der Waals surface area contributed by atoms with E-state index in [0.29, 0.717) is 26.0 Å². The number of allylic oxidation sites excluding steroid dienone is 1. The van der Waals surface area contributed by atoms with Crippen LogP contribution in [-0.2, 0) is 19.1 Å². The standard InChI is InChI=1S/C25H37BrN2O5S/c1-5-7-8-9-14-33-24(32)18-19-22(30)28(12-10-13-29)21(23(31)27(11-6-2)16(3)4)25(19)15-17(26)20(18)34-25/h5-6,16-21,29H,1-2,7-15H2,3-4H3/t17?,18-,19+,20-,21?,25?/m1/s1. The number of hydrogen-bond acceptors (Lipinski definition) is 6. The largest absolute Gasteiger partial charge is 0.465 e. The van der Waals surface area contributed by atoms with E-state index < -0.39 is 22.6 Å². The van der Waals surface area contributed by atoms with Crippen LogP contribution in [0.25, 0.3) is 0 Å². The van der Waals surface area contributed by atoms with Crippen molar-refractivity contribution in [3.63, 3.8) is 0 Å². The molecule has 3 heterocycles. The number of hydrogen-bond donors (Lipinski definition) is 1. The number of rotatable bonds is 13. The molecule has 3 saturated heterocycles. The van der Waals surface area contributed by atoms with Crippen molar-refractivity contribution in [1.29, 1.82) is 0 Å². The molecule has 1 N–H and O–H groups in total. The van der Waals surface area contributed by atoms with Gasteiger partial charge in [0.25, 0.3) is 0 Å². The lowest BCUT2D eigenvalue weighted by Gasteiger charge is -2.39. The van der Waals surface area contributed by atoms with Gasteiger partial charge in [-0.15, -0.1) is 24.9 Å². The second-order valence-corrected chi connectivity index (χ2v) is 12.3. The number of unbranched alkanes of at least 4 members (excludes halogenated alkanes) is 2. The minimum atomic E-state index is -0.691. The number of aliphatic hydroxyl groups excluding tert-OH is 1. The molecule has 3 unspecified atom stereocenters. The molecule has 9 heteroatoms. The maximum absolute atomic E-state index is 13.9. The molecule has 6 atom stereocenters. The number of ether oxygens (including phenoxy) is 1. The van der Waals surface area contributed by atoms with Crippen molar-refractivity contribution in [2.45, 2.75) is 72.9 Å². The molecule has 0 aromatic heterocycles. The molecule has 0 aliphatic carbocycles. The lowest BCUT2D eigenvalue weighted by molar-refractivity contribution is -0.154.